The van der Waals surface area contributed by atoms with Crippen molar-refractivity contribution < 1.29 is 37.4 Å². The van der Waals surface area contributed by atoms with E-state index in [4.69, 9.17) is 9.47 Å². The van der Waals surface area contributed by atoms with Gasteiger partial charge in [-0.25, -0.2) is 4.79 Å². The Balaban J connectivity index is 1.57. The number of hydrogen-bond donors (Lipinski definition) is 1. The molecule has 1 N–H and O–H groups in total. The molecule has 1 atom stereocenters. The summed E-state index contributed by atoms with van der Waals surface area (Å²) in [7, 11) is 1.24. The second-order valence-corrected chi connectivity index (χ2v) is 6.99. The van der Waals surface area contributed by atoms with Crippen LogP contribution >= 0.6 is 0 Å². The molecule has 1 fully saturated rings. The van der Waals surface area contributed by atoms with Gasteiger partial charge in [-0.3, -0.25) is 14.5 Å². The summed E-state index contributed by atoms with van der Waals surface area (Å²) >= 11 is 0. The van der Waals surface area contributed by atoms with E-state index in [0.717, 1.165) is 4.90 Å². The van der Waals surface area contributed by atoms with Crippen LogP contribution in [0.2, 0.25) is 0 Å². The first-order valence-electron chi connectivity index (χ1n) is 9.38. The van der Waals surface area contributed by atoms with Crippen molar-refractivity contribution in [3.05, 3.63) is 53.6 Å². The Morgan fingerprint density at radius 1 is 1.23 bits per heavy atom. The highest BCUT2D eigenvalue weighted by Crippen LogP contribution is 2.41. The molecule has 3 amide bonds. The minimum atomic E-state index is -3.06. The van der Waals surface area contributed by atoms with Crippen molar-refractivity contribution in [1.29, 1.82) is 0 Å². The zero-order valence-electron chi connectivity index (χ0n) is 16.4. The van der Waals surface area contributed by atoms with Gasteiger partial charge < -0.3 is 19.5 Å². The highest BCUT2D eigenvalue weighted by atomic mass is 19.3. The zero-order chi connectivity index (χ0) is 22.2. The molecular formula is C21H18F2N2O6. The van der Waals surface area contributed by atoms with Crippen molar-refractivity contribution >= 4 is 17.7 Å². The molecule has 2 aliphatic heterocycles. The number of carbonyl (C=O) groups excluding carboxylic acids is 3. The molecular weight excluding hydrogens is 414 g/mol. The van der Waals surface area contributed by atoms with Gasteiger partial charge in [0, 0.05) is 17.5 Å². The molecule has 2 aromatic carbocycles. The van der Waals surface area contributed by atoms with Crippen molar-refractivity contribution in [2.75, 3.05) is 20.3 Å². The third kappa shape index (κ3) is 3.54. The number of fused-ring (bicyclic) bond motifs is 2. The Kier molecular flexibility index (Phi) is 5.22. The summed E-state index contributed by atoms with van der Waals surface area (Å²) in [5.74, 6) is -0.927. The van der Waals surface area contributed by atoms with Crippen LogP contribution in [0.15, 0.2) is 42.5 Å². The number of ketones is 1. The van der Waals surface area contributed by atoms with Crippen molar-refractivity contribution in [2.24, 2.45) is 0 Å². The molecule has 0 unspecified atom stereocenters. The van der Waals surface area contributed by atoms with Crippen molar-refractivity contribution in [3.63, 3.8) is 0 Å². The number of amides is 3. The largest absolute Gasteiger partial charge is 0.493 e. The maximum Gasteiger partial charge on any atom is 0.387 e. The smallest absolute Gasteiger partial charge is 0.387 e. The van der Waals surface area contributed by atoms with E-state index in [-0.39, 0.29) is 30.1 Å². The maximum atomic E-state index is 13.2. The fraction of sp³-hybridized carbons (Fsp3) is 0.286. The number of nitrogens with one attached hydrogen (secondary N) is 1. The second-order valence-electron chi connectivity index (χ2n) is 6.99. The lowest BCUT2D eigenvalue weighted by atomic mass is 9.84. The fourth-order valence-electron chi connectivity index (χ4n) is 3.78. The van der Waals surface area contributed by atoms with Crippen LogP contribution in [0.25, 0.3) is 0 Å². The molecule has 10 heteroatoms. The van der Waals surface area contributed by atoms with Crippen LogP contribution in [0, 0.1) is 0 Å². The van der Waals surface area contributed by atoms with Gasteiger partial charge in [0.25, 0.3) is 5.91 Å². The molecule has 4 rings (SSSR count). The van der Waals surface area contributed by atoms with E-state index in [2.05, 4.69) is 10.1 Å². The molecule has 0 aliphatic carbocycles. The summed E-state index contributed by atoms with van der Waals surface area (Å²) < 4.78 is 39.9. The Labute approximate surface area is 175 Å². The molecule has 1 saturated heterocycles. The van der Waals surface area contributed by atoms with Crippen molar-refractivity contribution in [3.8, 4) is 17.2 Å². The fourth-order valence-corrected chi connectivity index (χ4v) is 3.78. The van der Waals surface area contributed by atoms with Crippen LogP contribution in [0.3, 0.4) is 0 Å². The summed E-state index contributed by atoms with van der Waals surface area (Å²) in [6.07, 6.45) is 0.229. The first-order chi connectivity index (χ1) is 14.9. The molecule has 31 heavy (non-hydrogen) atoms. The standard InChI is InChI=1S/C21H18F2N2O6/c1-29-17-10-12(6-7-16(17)31-19(22)23)14(26)11-25-18(27)21(24-20(25)28)8-9-30-15-5-3-2-4-13(15)21/h2-7,10,19H,8-9,11H2,1H3,(H,24,28)/t21-/m1/s1. The number of imide groups is 1. The number of ether oxygens (including phenoxy) is 3. The highest BCUT2D eigenvalue weighted by Gasteiger charge is 2.55. The molecule has 0 aromatic heterocycles. The molecule has 2 heterocycles. The minimum Gasteiger partial charge on any atom is -0.493 e. The summed E-state index contributed by atoms with van der Waals surface area (Å²) in [6.45, 7) is -3.35. The topological polar surface area (TPSA) is 94.2 Å². The van der Waals surface area contributed by atoms with Gasteiger partial charge in [-0.05, 0) is 24.3 Å². The normalized spacial score (nSPS) is 19.8. The van der Waals surface area contributed by atoms with Crippen LogP contribution in [0.5, 0.6) is 17.2 Å². The number of para-hydroxylation sites is 1. The lowest BCUT2D eigenvalue weighted by Gasteiger charge is -2.33. The van der Waals surface area contributed by atoms with Crippen LogP contribution in [-0.2, 0) is 10.3 Å². The lowest BCUT2D eigenvalue weighted by Crippen LogP contribution is -2.47. The molecule has 162 valence electrons. The predicted molar refractivity (Wildman–Crippen MR) is 102 cm³/mol. The summed E-state index contributed by atoms with van der Waals surface area (Å²) in [4.78, 5) is 39.4. The summed E-state index contributed by atoms with van der Waals surface area (Å²) in [6, 6.07) is 9.86. The number of urea groups is 1. The molecule has 0 bridgehead atoms. The van der Waals surface area contributed by atoms with Gasteiger partial charge in [0.15, 0.2) is 22.8 Å². The highest BCUT2D eigenvalue weighted by molar-refractivity contribution is 6.11. The van der Waals surface area contributed by atoms with Gasteiger partial charge >= 0.3 is 12.6 Å². The molecule has 1 spiro atoms. The molecule has 0 radical (unpaired) electrons. The predicted octanol–water partition coefficient (Wildman–Crippen LogP) is 2.71. The number of rotatable bonds is 6. The number of Topliss-reactive ketones (excluding diaryl/α,β-unsaturated/α-hetero) is 1. The number of nitrogens with zero attached hydrogens (tertiary/aromatic N) is 1. The van der Waals surface area contributed by atoms with Crippen LogP contribution in [0.4, 0.5) is 13.6 Å². The van der Waals surface area contributed by atoms with E-state index < -0.39 is 36.4 Å². The first kappa shape index (κ1) is 20.6. The molecule has 2 aromatic rings. The molecule has 2 aliphatic rings. The van der Waals surface area contributed by atoms with Crippen LogP contribution in [0.1, 0.15) is 22.3 Å². The number of carbonyl (C=O) groups is 3. The van der Waals surface area contributed by atoms with E-state index in [1.165, 1.54) is 25.3 Å². The number of benzene rings is 2. The van der Waals surface area contributed by atoms with E-state index in [1.807, 2.05) is 0 Å². The van der Waals surface area contributed by atoms with Crippen LogP contribution < -0.4 is 19.5 Å². The SMILES string of the molecule is COc1cc(C(=O)CN2C(=O)N[C@@]3(CCOc4ccccc43)C2=O)ccc1OC(F)F. The Hall–Kier alpha value is -3.69. The average Bonchev–Trinajstić information content (AvgIpc) is 2.98. The maximum absolute atomic E-state index is 13.2. The minimum absolute atomic E-state index is 0.0711. The van der Waals surface area contributed by atoms with Gasteiger partial charge in [0.1, 0.15) is 5.75 Å². The number of alkyl halides is 2. The lowest BCUT2D eigenvalue weighted by molar-refractivity contribution is -0.132. The summed E-state index contributed by atoms with van der Waals surface area (Å²) in [5, 5.41) is 2.71. The molecule has 8 nitrogen and oxygen atoms in total. The van der Waals surface area contributed by atoms with E-state index in [9.17, 15) is 23.2 Å². The van der Waals surface area contributed by atoms with E-state index in [1.54, 1.807) is 24.3 Å². The van der Waals surface area contributed by atoms with E-state index in [0.29, 0.717) is 11.3 Å². The Morgan fingerprint density at radius 2 is 2.00 bits per heavy atom. The van der Waals surface area contributed by atoms with Gasteiger partial charge in [-0.1, -0.05) is 18.2 Å². The monoisotopic (exact) mass is 432 g/mol. The third-order valence-electron chi connectivity index (χ3n) is 5.26. The third-order valence-corrected chi connectivity index (χ3v) is 5.26. The zero-order valence-corrected chi connectivity index (χ0v) is 16.4. The van der Waals surface area contributed by atoms with Crippen LogP contribution in [-0.4, -0.2) is 49.5 Å². The first-order valence-corrected chi connectivity index (χ1v) is 9.38. The van der Waals surface area contributed by atoms with Gasteiger partial charge in [0.05, 0.1) is 20.3 Å². The van der Waals surface area contributed by atoms with Crippen molar-refractivity contribution in [2.45, 2.75) is 18.6 Å². The van der Waals surface area contributed by atoms with Gasteiger partial charge in [-0.15, -0.1) is 0 Å². The second kappa shape index (κ2) is 7.86. The summed E-state index contributed by atoms with van der Waals surface area (Å²) in [5.41, 5.74) is -0.684. The number of hydrogen-bond acceptors (Lipinski definition) is 6. The average molecular weight is 432 g/mol. The quantitative estimate of drug-likeness (QED) is 0.557. The number of methoxy groups -OCH3 is 1. The Bertz CT molecular complexity index is 1060. The van der Waals surface area contributed by atoms with Gasteiger partial charge in [-0.2, -0.15) is 8.78 Å². The molecule has 0 saturated carbocycles. The Morgan fingerprint density at radius 3 is 2.74 bits per heavy atom. The van der Waals surface area contributed by atoms with Gasteiger partial charge in [0.2, 0.25) is 0 Å². The van der Waals surface area contributed by atoms with Crippen molar-refractivity contribution in [1.82, 2.24) is 10.2 Å². The number of halogens is 2. The van der Waals surface area contributed by atoms with E-state index >= 15 is 0 Å².